The predicted octanol–water partition coefficient (Wildman–Crippen LogP) is 5.54. The Morgan fingerprint density at radius 3 is 2.31 bits per heavy atom. The van der Waals surface area contributed by atoms with Crippen molar-refractivity contribution in [2.24, 2.45) is 9.39 Å². The van der Waals surface area contributed by atoms with E-state index in [1.807, 2.05) is 24.5 Å². The minimum Gasteiger partial charge on any atom is -0.469 e. The summed E-state index contributed by atoms with van der Waals surface area (Å²) in [6, 6.07) is 14.9. The van der Waals surface area contributed by atoms with E-state index in [0.717, 1.165) is 25.7 Å². The van der Waals surface area contributed by atoms with Gasteiger partial charge in [0.05, 0.1) is 4.90 Å². The van der Waals surface area contributed by atoms with Gasteiger partial charge in [-0.1, -0.05) is 60.1 Å². The van der Waals surface area contributed by atoms with E-state index in [9.17, 15) is 8.42 Å². The van der Waals surface area contributed by atoms with Crippen LogP contribution in [0.4, 0.5) is 0 Å². The van der Waals surface area contributed by atoms with Crippen LogP contribution in [0.3, 0.4) is 0 Å². The molecule has 1 aliphatic rings. The van der Waals surface area contributed by atoms with E-state index in [-0.39, 0.29) is 16.8 Å². The Balaban J connectivity index is 1.97. The molecule has 3 rings (SSSR count). The molecule has 0 heterocycles. The summed E-state index contributed by atoms with van der Waals surface area (Å²) in [5, 5.41) is 0.880. The minimum absolute atomic E-state index is 0.0597. The molecule has 1 fully saturated rings. The molecule has 0 saturated heterocycles. The van der Waals surface area contributed by atoms with Crippen LogP contribution in [0.25, 0.3) is 0 Å². The zero-order chi connectivity index (χ0) is 20.7. The maximum absolute atomic E-state index is 12.8. The first-order valence-corrected chi connectivity index (χ1v) is 12.5. The standard InChI is InChI=1S/C21H23ClN2O3S2/c1-28-21(27-18-10-6-3-7-11-18)23-20(16-8-4-2-5-9-16)24-29(25,26)19-14-12-17(22)13-15-19/h2,4-5,8-9,12-15,18H,3,6-7,10-11H2,1H3/b23-21?,24-20-. The first-order valence-electron chi connectivity index (χ1n) is 9.43. The van der Waals surface area contributed by atoms with Gasteiger partial charge in [-0.3, -0.25) is 0 Å². The number of hydrogen-bond acceptors (Lipinski definition) is 4. The molecule has 0 atom stereocenters. The highest BCUT2D eigenvalue weighted by Crippen LogP contribution is 2.23. The average Bonchev–Trinajstić information content (AvgIpc) is 2.74. The number of halogens is 1. The number of thioether (sulfide) groups is 1. The highest BCUT2D eigenvalue weighted by molar-refractivity contribution is 8.13. The molecule has 0 aromatic heterocycles. The molecule has 0 unspecified atom stereocenters. The number of benzene rings is 2. The number of amidine groups is 1. The predicted molar refractivity (Wildman–Crippen MR) is 121 cm³/mol. The van der Waals surface area contributed by atoms with E-state index in [4.69, 9.17) is 16.3 Å². The third-order valence-corrected chi connectivity index (χ3v) is 6.61. The average molecular weight is 451 g/mol. The normalized spacial score (nSPS) is 16.6. The van der Waals surface area contributed by atoms with Gasteiger partial charge in [-0.05, 0) is 56.2 Å². The molecular weight excluding hydrogens is 428 g/mol. The van der Waals surface area contributed by atoms with Gasteiger partial charge < -0.3 is 4.74 Å². The third-order valence-electron chi connectivity index (χ3n) is 4.54. The van der Waals surface area contributed by atoms with E-state index in [1.54, 1.807) is 12.1 Å². The molecule has 0 spiro atoms. The Labute approximate surface area is 181 Å². The van der Waals surface area contributed by atoms with Crippen LogP contribution < -0.4 is 0 Å². The van der Waals surface area contributed by atoms with Crippen molar-refractivity contribution in [2.45, 2.75) is 43.1 Å². The van der Waals surface area contributed by atoms with Crippen molar-refractivity contribution in [1.29, 1.82) is 0 Å². The summed E-state index contributed by atoms with van der Waals surface area (Å²) in [5.41, 5.74) is 0.601. The van der Waals surface area contributed by atoms with Crippen LogP contribution in [0, 0.1) is 0 Å². The number of rotatable bonds is 4. The van der Waals surface area contributed by atoms with Gasteiger partial charge in [-0.15, -0.1) is 4.40 Å². The van der Waals surface area contributed by atoms with Gasteiger partial charge in [-0.25, -0.2) is 0 Å². The topological polar surface area (TPSA) is 68.1 Å². The molecule has 5 nitrogen and oxygen atoms in total. The van der Waals surface area contributed by atoms with Crippen molar-refractivity contribution in [3.63, 3.8) is 0 Å². The fourth-order valence-corrected chi connectivity index (χ4v) is 4.53. The Bertz CT molecular complexity index is 969. The summed E-state index contributed by atoms with van der Waals surface area (Å²) >= 11 is 7.22. The Hall–Kier alpha value is -1.83. The van der Waals surface area contributed by atoms with Crippen LogP contribution in [0.2, 0.25) is 5.02 Å². The third kappa shape index (κ3) is 6.32. The SMILES string of the molecule is CSC(=N/C(=N\S(=O)(=O)c1ccc(Cl)cc1)c1ccccc1)OC1CCCCC1. The van der Waals surface area contributed by atoms with Gasteiger partial charge >= 0.3 is 0 Å². The van der Waals surface area contributed by atoms with E-state index >= 15 is 0 Å². The number of nitrogens with zero attached hydrogens (tertiary/aromatic N) is 2. The first-order chi connectivity index (χ1) is 14.0. The molecule has 2 aromatic carbocycles. The van der Waals surface area contributed by atoms with Crippen LogP contribution in [0.1, 0.15) is 37.7 Å². The second kappa shape index (κ2) is 10.3. The highest BCUT2D eigenvalue weighted by Gasteiger charge is 2.19. The van der Waals surface area contributed by atoms with E-state index in [2.05, 4.69) is 9.39 Å². The Morgan fingerprint density at radius 2 is 1.69 bits per heavy atom. The second-order valence-electron chi connectivity index (χ2n) is 6.67. The van der Waals surface area contributed by atoms with Crippen LogP contribution in [0.5, 0.6) is 0 Å². The van der Waals surface area contributed by atoms with Gasteiger partial charge in [0.2, 0.25) is 0 Å². The molecule has 29 heavy (non-hydrogen) atoms. The largest absolute Gasteiger partial charge is 0.469 e. The molecule has 0 amide bonds. The monoisotopic (exact) mass is 450 g/mol. The number of sulfonamides is 1. The lowest BCUT2D eigenvalue weighted by Crippen LogP contribution is -2.20. The minimum atomic E-state index is -3.95. The van der Waals surface area contributed by atoms with Gasteiger partial charge in [0.1, 0.15) is 6.10 Å². The van der Waals surface area contributed by atoms with Crippen molar-refractivity contribution in [2.75, 3.05) is 6.26 Å². The fraction of sp³-hybridized carbons (Fsp3) is 0.333. The van der Waals surface area contributed by atoms with Gasteiger partial charge in [0.15, 0.2) is 5.84 Å². The summed E-state index contributed by atoms with van der Waals surface area (Å²) in [4.78, 5) is 4.55. The number of aliphatic imine (C=N–C) groups is 1. The molecule has 0 aliphatic heterocycles. The highest BCUT2D eigenvalue weighted by atomic mass is 35.5. The molecule has 1 saturated carbocycles. The quantitative estimate of drug-likeness (QED) is 0.452. The molecule has 0 N–H and O–H groups in total. The molecule has 1 aliphatic carbocycles. The lowest BCUT2D eigenvalue weighted by molar-refractivity contribution is 0.149. The van der Waals surface area contributed by atoms with Crippen LogP contribution in [0.15, 0.2) is 68.9 Å². The molecule has 154 valence electrons. The van der Waals surface area contributed by atoms with Crippen LogP contribution >= 0.6 is 23.4 Å². The Kier molecular flexibility index (Phi) is 7.75. The fourth-order valence-electron chi connectivity index (χ4n) is 3.03. The lowest BCUT2D eigenvalue weighted by atomic mass is 9.98. The number of hydrogen-bond donors (Lipinski definition) is 0. The van der Waals surface area contributed by atoms with Crippen LogP contribution in [-0.4, -0.2) is 31.8 Å². The maximum Gasteiger partial charge on any atom is 0.284 e. The lowest BCUT2D eigenvalue weighted by Gasteiger charge is -2.23. The second-order valence-corrected chi connectivity index (χ2v) is 9.47. The molecule has 8 heteroatoms. The summed E-state index contributed by atoms with van der Waals surface area (Å²) in [6.45, 7) is 0. The molecule has 2 aromatic rings. The zero-order valence-electron chi connectivity index (χ0n) is 16.1. The van der Waals surface area contributed by atoms with E-state index in [0.29, 0.717) is 15.8 Å². The first kappa shape index (κ1) is 21.9. The van der Waals surface area contributed by atoms with Crippen molar-refractivity contribution in [3.05, 3.63) is 65.2 Å². The van der Waals surface area contributed by atoms with Gasteiger partial charge in [0.25, 0.3) is 15.3 Å². The maximum atomic E-state index is 12.8. The van der Waals surface area contributed by atoms with E-state index in [1.165, 1.54) is 42.4 Å². The molecule has 0 bridgehead atoms. The van der Waals surface area contributed by atoms with Crippen molar-refractivity contribution in [3.8, 4) is 0 Å². The molecule has 0 radical (unpaired) electrons. The van der Waals surface area contributed by atoms with Crippen LogP contribution in [-0.2, 0) is 14.8 Å². The van der Waals surface area contributed by atoms with Crippen molar-refractivity contribution in [1.82, 2.24) is 0 Å². The summed E-state index contributed by atoms with van der Waals surface area (Å²) in [7, 11) is -3.95. The van der Waals surface area contributed by atoms with Gasteiger partial charge in [0, 0.05) is 10.6 Å². The number of ether oxygens (including phenoxy) is 1. The van der Waals surface area contributed by atoms with E-state index < -0.39 is 10.0 Å². The van der Waals surface area contributed by atoms with Crippen molar-refractivity contribution >= 4 is 44.5 Å². The van der Waals surface area contributed by atoms with Crippen molar-refractivity contribution < 1.29 is 13.2 Å². The summed E-state index contributed by atoms with van der Waals surface area (Å²) in [6.07, 6.45) is 7.44. The Morgan fingerprint density at radius 1 is 1.03 bits per heavy atom. The molecular formula is C21H23ClN2O3S2. The summed E-state index contributed by atoms with van der Waals surface area (Å²) in [5.74, 6) is 0.0979. The smallest absolute Gasteiger partial charge is 0.284 e. The van der Waals surface area contributed by atoms with Gasteiger partial charge in [-0.2, -0.15) is 13.4 Å². The zero-order valence-corrected chi connectivity index (χ0v) is 18.5. The summed E-state index contributed by atoms with van der Waals surface area (Å²) < 4.78 is 35.8.